The Balaban J connectivity index is 1.85. The normalized spacial score (nSPS) is 17.7. The molecule has 1 aliphatic heterocycles. The molecular formula is C24H21FN2O5. The van der Waals surface area contributed by atoms with Gasteiger partial charge in [-0.15, -0.1) is 0 Å². The summed E-state index contributed by atoms with van der Waals surface area (Å²) in [6.45, 7) is 4.22. The Hall–Kier alpha value is -3.94. The van der Waals surface area contributed by atoms with E-state index in [4.69, 9.17) is 9.26 Å². The van der Waals surface area contributed by atoms with Gasteiger partial charge in [-0.3, -0.25) is 14.5 Å². The number of ketones is 1. The maximum absolute atomic E-state index is 13.4. The van der Waals surface area contributed by atoms with Crippen LogP contribution in [0.4, 0.5) is 10.2 Å². The molecule has 1 N–H and O–H groups in total. The van der Waals surface area contributed by atoms with E-state index in [9.17, 15) is 19.1 Å². The van der Waals surface area contributed by atoms with Crippen LogP contribution in [0.1, 0.15) is 36.3 Å². The number of carbonyl (C=O) groups is 2. The van der Waals surface area contributed by atoms with E-state index in [-0.39, 0.29) is 17.0 Å². The fourth-order valence-corrected chi connectivity index (χ4v) is 3.58. The van der Waals surface area contributed by atoms with E-state index in [1.165, 1.54) is 35.2 Å². The molecule has 1 aromatic heterocycles. The van der Waals surface area contributed by atoms with Gasteiger partial charge in [0.05, 0.1) is 18.2 Å². The molecule has 32 heavy (non-hydrogen) atoms. The predicted octanol–water partition coefficient (Wildman–Crippen LogP) is 4.54. The van der Waals surface area contributed by atoms with Crippen molar-refractivity contribution in [3.63, 3.8) is 0 Å². The van der Waals surface area contributed by atoms with E-state index in [1.54, 1.807) is 31.2 Å². The zero-order chi connectivity index (χ0) is 22.8. The zero-order valence-electron chi connectivity index (χ0n) is 17.5. The number of halogens is 1. The van der Waals surface area contributed by atoms with Gasteiger partial charge in [-0.25, -0.2) is 4.39 Å². The average Bonchev–Trinajstić information content (AvgIpc) is 3.33. The van der Waals surface area contributed by atoms with E-state index in [1.807, 2.05) is 6.92 Å². The molecule has 2 heterocycles. The summed E-state index contributed by atoms with van der Waals surface area (Å²) in [5, 5.41) is 14.9. The van der Waals surface area contributed by atoms with Crippen molar-refractivity contribution in [1.82, 2.24) is 5.16 Å². The second-order valence-electron chi connectivity index (χ2n) is 7.39. The number of benzene rings is 2. The summed E-state index contributed by atoms with van der Waals surface area (Å²) in [7, 11) is 0. The highest BCUT2D eigenvalue weighted by molar-refractivity contribution is 6.51. The molecule has 2 aromatic carbocycles. The highest BCUT2D eigenvalue weighted by Crippen LogP contribution is 2.42. The number of amides is 1. The van der Waals surface area contributed by atoms with Crippen molar-refractivity contribution in [2.24, 2.45) is 0 Å². The molecule has 3 aromatic rings. The molecule has 1 fully saturated rings. The van der Waals surface area contributed by atoms with Crippen LogP contribution in [0, 0.1) is 12.7 Å². The summed E-state index contributed by atoms with van der Waals surface area (Å²) in [5.41, 5.74) is 0.662. The van der Waals surface area contributed by atoms with Crippen molar-refractivity contribution in [2.45, 2.75) is 26.3 Å². The van der Waals surface area contributed by atoms with Crippen LogP contribution in [0.3, 0.4) is 0 Å². The van der Waals surface area contributed by atoms with Crippen molar-refractivity contribution in [3.05, 3.63) is 82.9 Å². The minimum absolute atomic E-state index is 0.121. The average molecular weight is 436 g/mol. The molecule has 164 valence electrons. The van der Waals surface area contributed by atoms with Gasteiger partial charge in [-0.1, -0.05) is 24.2 Å². The highest BCUT2D eigenvalue weighted by atomic mass is 19.1. The monoisotopic (exact) mass is 436 g/mol. The SMILES string of the molecule is CCCOc1ccc([C@@H]2C(=C(O)c3ccc(F)cc3)C(=O)C(=O)N2c2cc(C)on2)cc1. The van der Waals surface area contributed by atoms with E-state index >= 15 is 0 Å². The molecule has 7 nitrogen and oxygen atoms in total. The zero-order valence-corrected chi connectivity index (χ0v) is 17.5. The van der Waals surface area contributed by atoms with Crippen LogP contribution >= 0.6 is 0 Å². The molecule has 1 saturated heterocycles. The lowest BCUT2D eigenvalue weighted by Crippen LogP contribution is -2.29. The first-order valence-electron chi connectivity index (χ1n) is 10.1. The maximum Gasteiger partial charge on any atom is 0.301 e. The van der Waals surface area contributed by atoms with Gasteiger partial charge in [-0.05, 0) is 55.3 Å². The number of rotatable bonds is 6. The van der Waals surface area contributed by atoms with Crippen molar-refractivity contribution >= 4 is 23.3 Å². The summed E-state index contributed by atoms with van der Waals surface area (Å²) in [5.74, 6) is -1.35. The Morgan fingerprint density at radius 1 is 1.16 bits per heavy atom. The molecule has 1 aliphatic rings. The molecule has 4 rings (SSSR count). The van der Waals surface area contributed by atoms with E-state index < -0.39 is 29.3 Å². The van der Waals surface area contributed by atoms with Crippen LogP contribution in [-0.4, -0.2) is 28.6 Å². The van der Waals surface area contributed by atoms with Gasteiger partial charge in [0.25, 0.3) is 5.78 Å². The predicted molar refractivity (Wildman–Crippen MR) is 115 cm³/mol. The Kier molecular flexibility index (Phi) is 5.77. The summed E-state index contributed by atoms with van der Waals surface area (Å²) >= 11 is 0. The Labute approximate surface area is 183 Å². The van der Waals surface area contributed by atoms with Crippen LogP contribution < -0.4 is 9.64 Å². The molecule has 0 spiro atoms. The standard InChI is InChI=1S/C24H21FN2O5/c1-3-12-31-18-10-6-15(7-11-18)21-20(22(28)16-4-8-17(25)9-5-16)23(29)24(30)27(21)19-13-14(2)32-26-19/h4-11,13,21,28H,3,12H2,1-2H3/t21-/m1/s1. The van der Waals surface area contributed by atoms with Crippen molar-refractivity contribution < 1.29 is 28.3 Å². The third kappa shape index (κ3) is 3.87. The minimum Gasteiger partial charge on any atom is -0.507 e. The summed E-state index contributed by atoms with van der Waals surface area (Å²) < 4.78 is 24.1. The smallest absolute Gasteiger partial charge is 0.301 e. The Morgan fingerprint density at radius 3 is 2.44 bits per heavy atom. The van der Waals surface area contributed by atoms with Crippen molar-refractivity contribution in [2.75, 3.05) is 11.5 Å². The van der Waals surface area contributed by atoms with Gasteiger partial charge >= 0.3 is 5.91 Å². The lowest BCUT2D eigenvalue weighted by atomic mass is 9.95. The van der Waals surface area contributed by atoms with Gasteiger partial charge in [0.1, 0.15) is 23.1 Å². The van der Waals surface area contributed by atoms with Gasteiger partial charge < -0.3 is 14.4 Å². The quantitative estimate of drug-likeness (QED) is 0.347. The van der Waals surface area contributed by atoms with Crippen molar-refractivity contribution in [3.8, 4) is 5.75 Å². The first kappa shape index (κ1) is 21.3. The largest absolute Gasteiger partial charge is 0.507 e. The molecule has 0 bridgehead atoms. The Bertz CT molecular complexity index is 1180. The number of hydrogen-bond donors (Lipinski definition) is 1. The molecule has 1 amide bonds. The van der Waals surface area contributed by atoms with Crippen LogP contribution in [0.15, 0.2) is 64.7 Å². The van der Waals surface area contributed by atoms with Gasteiger partial charge in [-0.2, -0.15) is 0 Å². The topological polar surface area (TPSA) is 92.9 Å². The summed E-state index contributed by atoms with van der Waals surface area (Å²) in [4.78, 5) is 27.2. The van der Waals surface area contributed by atoms with E-state index in [0.29, 0.717) is 23.7 Å². The fraction of sp³-hybridized carbons (Fsp3) is 0.208. The fourth-order valence-electron chi connectivity index (χ4n) is 3.58. The van der Waals surface area contributed by atoms with Gasteiger partial charge in [0, 0.05) is 11.6 Å². The van der Waals surface area contributed by atoms with Crippen LogP contribution in [0.2, 0.25) is 0 Å². The number of nitrogens with zero attached hydrogens (tertiary/aromatic N) is 2. The molecular weight excluding hydrogens is 415 g/mol. The number of aromatic nitrogens is 1. The summed E-state index contributed by atoms with van der Waals surface area (Å²) in [6, 6.07) is 12.5. The van der Waals surface area contributed by atoms with E-state index in [0.717, 1.165) is 6.42 Å². The number of carbonyl (C=O) groups excluding carboxylic acids is 2. The van der Waals surface area contributed by atoms with Crippen LogP contribution in [0.5, 0.6) is 5.75 Å². The van der Waals surface area contributed by atoms with Crippen molar-refractivity contribution in [1.29, 1.82) is 0 Å². The third-order valence-corrected chi connectivity index (χ3v) is 5.09. The molecule has 0 aliphatic carbocycles. The third-order valence-electron chi connectivity index (χ3n) is 5.09. The number of Topliss-reactive ketones (excluding diaryl/α,β-unsaturated/α-hetero) is 1. The van der Waals surface area contributed by atoms with Gasteiger partial charge in [0.15, 0.2) is 5.82 Å². The molecule has 0 unspecified atom stereocenters. The first-order chi connectivity index (χ1) is 15.4. The number of anilines is 1. The molecule has 0 radical (unpaired) electrons. The highest BCUT2D eigenvalue weighted by Gasteiger charge is 2.48. The molecule has 1 atom stereocenters. The lowest BCUT2D eigenvalue weighted by molar-refractivity contribution is -0.132. The van der Waals surface area contributed by atoms with Crippen LogP contribution in [0.25, 0.3) is 5.76 Å². The second kappa shape index (κ2) is 8.66. The number of hydrogen-bond acceptors (Lipinski definition) is 6. The molecule has 0 saturated carbocycles. The number of aliphatic hydroxyl groups is 1. The number of aryl methyl sites for hydroxylation is 1. The van der Waals surface area contributed by atoms with Crippen LogP contribution in [-0.2, 0) is 9.59 Å². The van der Waals surface area contributed by atoms with E-state index in [2.05, 4.69) is 5.16 Å². The number of aliphatic hydroxyl groups excluding tert-OH is 1. The second-order valence-corrected chi connectivity index (χ2v) is 7.39. The number of ether oxygens (including phenoxy) is 1. The van der Waals surface area contributed by atoms with Gasteiger partial charge in [0.2, 0.25) is 0 Å². The minimum atomic E-state index is -0.954. The lowest BCUT2D eigenvalue weighted by Gasteiger charge is -2.23. The first-order valence-corrected chi connectivity index (χ1v) is 10.1. The Morgan fingerprint density at radius 2 is 1.84 bits per heavy atom. The maximum atomic E-state index is 13.4. The summed E-state index contributed by atoms with van der Waals surface area (Å²) in [6.07, 6.45) is 0.852. The molecule has 8 heteroatoms.